The third kappa shape index (κ3) is 4.83. The zero-order chi connectivity index (χ0) is 21.7. The maximum absolute atomic E-state index is 13.1. The van der Waals surface area contributed by atoms with Crippen LogP contribution in [0.15, 0.2) is 47.4 Å². The van der Waals surface area contributed by atoms with Gasteiger partial charge in [-0.05, 0) is 48.7 Å². The summed E-state index contributed by atoms with van der Waals surface area (Å²) in [6.07, 6.45) is 0.697. The van der Waals surface area contributed by atoms with Crippen molar-refractivity contribution in [1.29, 1.82) is 0 Å². The fourth-order valence-electron chi connectivity index (χ4n) is 3.44. The second kappa shape index (κ2) is 9.59. The van der Waals surface area contributed by atoms with E-state index in [-0.39, 0.29) is 16.8 Å². The summed E-state index contributed by atoms with van der Waals surface area (Å²) in [5, 5.41) is 3.01. The van der Waals surface area contributed by atoms with Crippen molar-refractivity contribution in [3.8, 4) is 5.75 Å². The molecule has 3 rings (SSSR count). The van der Waals surface area contributed by atoms with Crippen molar-refractivity contribution < 1.29 is 22.7 Å². The molecule has 1 aliphatic heterocycles. The Balaban J connectivity index is 1.82. The van der Waals surface area contributed by atoms with Crippen LogP contribution < -0.4 is 10.1 Å². The highest BCUT2D eigenvalue weighted by molar-refractivity contribution is 7.89. The van der Waals surface area contributed by atoms with E-state index in [0.717, 1.165) is 11.3 Å². The topological polar surface area (TPSA) is 84.9 Å². The molecule has 1 amide bonds. The van der Waals surface area contributed by atoms with E-state index in [1.165, 1.54) is 10.4 Å². The Morgan fingerprint density at radius 2 is 1.83 bits per heavy atom. The van der Waals surface area contributed by atoms with Crippen LogP contribution in [-0.2, 0) is 14.8 Å². The molecule has 0 radical (unpaired) electrons. The van der Waals surface area contributed by atoms with Crippen LogP contribution in [0.4, 0.5) is 0 Å². The van der Waals surface area contributed by atoms with Crippen LogP contribution in [0.1, 0.15) is 40.9 Å². The molecule has 162 valence electrons. The summed E-state index contributed by atoms with van der Waals surface area (Å²) in [5.41, 5.74) is 1.89. The van der Waals surface area contributed by atoms with Crippen molar-refractivity contribution in [2.75, 3.05) is 33.4 Å². The Morgan fingerprint density at radius 1 is 1.17 bits per heavy atom. The van der Waals surface area contributed by atoms with Crippen molar-refractivity contribution in [2.24, 2.45) is 0 Å². The van der Waals surface area contributed by atoms with Gasteiger partial charge < -0.3 is 14.8 Å². The molecular weight excluding hydrogens is 404 g/mol. The van der Waals surface area contributed by atoms with E-state index in [2.05, 4.69) is 5.32 Å². The average Bonchev–Trinajstić information content (AvgIpc) is 2.78. The Morgan fingerprint density at radius 3 is 2.43 bits per heavy atom. The molecule has 7 nitrogen and oxygen atoms in total. The molecule has 1 aliphatic rings. The molecule has 1 N–H and O–H groups in total. The first-order valence-corrected chi connectivity index (χ1v) is 11.4. The van der Waals surface area contributed by atoms with E-state index in [0.29, 0.717) is 43.9 Å². The first-order valence-electron chi connectivity index (χ1n) is 10.00. The highest BCUT2D eigenvalue weighted by Gasteiger charge is 2.28. The van der Waals surface area contributed by atoms with Gasteiger partial charge in [-0.2, -0.15) is 4.31 Å². The van der Waals surface area contributed by atoms with Gasteiger partial charge in [0.1, 0.15) is 5.75 Å². The molecular formula is C22H28N2O5S. The number of hydrogen-bond acceptors (Lipinski definition) is 5. The lowest BCUT2D eigenvalue weighted by molar-refractivity contribution is 0.0730. The smallest absolute Gasteiger partial charge is 0.251 e. The number of nitrogens with one attached hydrogen (secondary N) is 1. The Hall–Kier alpha value is -2.42. The van der Waals surface area contributed by atoms with Crippen LogP contribution in [0.3, 0.4) is 0 Å². The Kier molecular flexibility index (Phi) is 7.12. The molecule has 0 bridgehead atoms. The normalized spacial score (nSPS) is 16.1. The number of hydrogen-bond donors (Lipinski definition) is 1. The van der Waals surface area contributed by atoms with Crippen LogP contribution in [0.5, 0.6) is 5.75 Å². The van der Waals surface area contributed by atoms with Crippen molar-refractivity contribution in [2.45, 2.75) is 31.2 Å². The predicted octanol–water partition coefficient (Wildman–Crippen LogP) is 2.91. The van der Waals surface area contributed by atoms with Crippen LogP contribution in [0.2, 0.25) is 0 Å². The number of carbonyl (C=O) groups excluding carboxylic acids is 1. The average molecular weight is 433 g/mol. The van der Waals surface area contributed by atoms with Crippen LogP contribution in [-0.4, -0.2) is 52.0 Å². The van der Waals surface area contributed by atoms with Gasteiger partial charge in [-0.1, -0.05) is 25.1 Å². The van der Waals surface area contributed by atoms with Gasteiger partial charge >= 0.3 is 0 Å². The minimum atomic E-state index is -3.68. The van der Waals surface area contributed by atoms with Gasteiger partial charge in [-0.25, -0.2) is 8.42 Å². The number of sulfonamides is 1. The zero-order valence-corrected chi connectivity index (χ0v) is 18.4. The molecule has 0 aliphatic carbocycles. The van der Waals surface area contributed by atoms with E-state index in [9.17, 15) is 13.2 Å². The molecule has 1 saturated heterocycles. The molecule has 0 spiro atoms. The van der Waals surface area contributed by atoms with Gasteiger partial charge in [-0.3, -0.25) is 4.79 Å². The first-order chi connectivity index (χ1) is 14.4. The summed E-state index contributed by atoms with van der Waals surface area (Å²) < 4.78 is 38.0. The van der Waals surface area contributed by atoms with Crippen molar-refractivity contribution >= 4 is 15.9 Å². The standard InChI is InChI=1S/C22H28N2O5S/c1-4-20(17-7-9-19(28-3)10-8-17)23-22(25)18-6-5-16(2)21(15-18)30(26,27)24-11-13-29-14-12-24/h5-10,15,20H,4,11-14H2,1-3H3,(H,23,25)/t20-/m1/s1. The Labute approximate surface area is 178 Å². The van der Waals surface area contributed by atoms with Gasteiger partial charge in [0.2, 0.25) is 10.0 Å². The molecule has 1 heterocycles. The number of ether oxygens (including phenoxy) is 2. The number of amides is 1. The van der Waals surface area contributed by atoms with Gasteiger partial charge in [0.25, 0.3) is 5.91 Å². The van der Waals surface area contributed by atoms with E-state index >= 15 is 0 Å². The number of rotatable bonds is 7. The van der Waals surface area contributed by atoms with E-state index < -0.39 is 10.0 Å². The number of nitrogens with zero attached hydrogens (tertiary/aromatic N) is 1. The molecule has 2 aromatic carbocycles. The summed E-state index contributed by atoms with van der Waals surface area (Å²) in [4.78, 5) is 13.1. The minimum absolute atomic E-state index is 0.162. The summed E-state index contributed by atoms with van der Waals surface area (Å²) in [5.74, 6) is 0.438. The van der Waals surface area contributed by atoms with Crippen molar-refractivity contribution in [3.63, 3.8) is 0 Å². The summed E-state index contributed by atoms with van der Waals surface area (Å²) in [6, 6.07) is 12.1. The largest absolute Gasteiger partial charge is 0.497 e. The van der Waals surface area contributed by atoms with Crippen LogP contribution in [0.25, 0.3) is 0 Å². The van der Waals surface area contributed by atoms with Gasteiger partial charge in [0, 0.05) is 18.7 Å². The molecule has 0 aromatic heterocycles. The van der Waals surface area contributed by atoms with E-state index in [4.69, 9.17) is 9.47 Å². The number of benzene rings is 2. The summed E-state index contributed by atoms with van der Waals surface area (Å²) in [7, 11) is -2.08. The molecule has 8 heteroatoms. The first kappa shape index (κ1) is 22.3. The monoisotopic (exact) mass is 432 g/mol. The summed E-state index contributed by atoms with van der Waals surface area (Å²) in [6.45, 7) is 5.10. The van der Waals surface area contributed by atoms with E-state index in [1.54, 1.807) is 26.2 Å². The van der Waals surface area contributed by atoms with Gasteiger partial charge in [0.05, 0.1) is 31.3 Å². The summed E-state index contributed by atoms with van der Waals surface area (Å²) >= 11 is 0. The lowest BCUT2D eigenvalue weighted by Crippen LogP contribution is -2.41. The third-order valence-electron chi connectivity index (χ3n) is 5.27. The van der Waals surface area contributed by atoms with Gasteiger partial charge in [-0.15, -0.1) is 0 Å². The minimum Gasteiger partial charge on any atom is -0.497 e. The number of methoxy groups -OCH3 is 1. The molecule has 30 heavy (non-hydrogen) atoms. The Bertz CT molecular complexity index is 983. The molecule has 1 fully saturated rings. The fourth-order valence-corrected chi connectivity index (χ4v) is 5.10. The molecule has 0 saturated carbocycles. The van der Waals surface area contributed by atoms with Crippen molar-refractivity contribution in [1.82, 2.24) is 9.62 Å². The maximum atomic E-state index is 13.1. The quantitative estimate of drug-likeness (QED) is 0.727. The highest BCUT2D eigenvalue weighted by atomic mass is 32.2. The SMILES string of the molecule is CC[C@@H](NC(=O)c1ccc(C)c(S(=O)(=O)N2CCOCC2)c1)c1ccc(OC)cc1. The maximum Gasteiger partial charge on any atom is 0.251 e. The van der Waals surface area contributed by atoms with Crippen LogP contribution in [0, 0.1) is 6.92 Å². The van der Waals surface area contributed by atoms with Crippen molar-refractivity contribution in [3.05, 3.63) is 59.2 Å². The lowest BCUT2D eigenvalue weighted by Gasteiger charge is -2.27. The van der Waals surface area contributed by atoms with Gasteiger partial charge in [0.15, 0.2) is 0 Å². The predicted molar refractivity (Wildman–Crippen MR) is 114 cm³/mol. The second-order valence-electron chi connectivity index (χ2n) is 7.20. The third-order valence-corrected chi connectivity index (χ3v) is 7.31. The highest BCUT2D eigenvalue weighted by Crippen LogP contribution is 2.24. The number of morpholine rings is 1. The zero-order valence-electron chi connectivity index (χ0n) is 17.6. The number of aryl methyl sites for hydroxylation is 1. The molecule has 2 aromatic rings. The van der Waals surface area contributed by atoms with E-state index in [1.807, 2.05) is 31.2 Å². The lowest BCUT2D eigenvalue weighted by atomic mass is 10.0. The molecule has 0 unspecified atom stereocenters. The fraction of sp³-hybridized carbons (Fsp3) is 0.409. The number of carbonyl (C=O) groups is 1. The van der Waals surface area contributed by atoms with Crippen LogP contribution >= 0.6 is 0 Å². The second-order valence-corrected chi connectivity index (χ2v) is 9.11. The molecule has 1 atom stereocenters.